The molecule has 0 saturated heterocycles. The predicted octanol–water partition coefficient (Wildman–Crippen LogP) is 2.03. The first-order chi connectivity index (χ1) is 11.3. The van der Waals surface area contributed by atoms with Crippen molar-refractivity contribution in [3.63, 3.8) is 0 Å². The van der Waals surface area contributed by atoms with E-state index in [1.165, 1.54) is 0 Å². The third-order valence-electron chi connectivity index (χ3n) is 3.23. The molecule has 1 heterocycles. The van der Waals surface area contributed by atoms with E-state index in [0.717, 1.165) is 11.8 Å². The lowest BCUT2D eigenvalue weighted by atomic mass is 10.0. The Kier molecular flexibility index (Phi) is 6.30. The van der Waals surface area contributed by atoms with Crippen LogP contribution in [0.1, 0.15) is 23.6 Å². The highest BCUT2D eigenvalue weighted by molar-refractivity contribution is 7.88. The van der Waals surface area contributed by atoms with Gasteiger partial charge in [0.2, 0.25) is 15.9 Å². The Morgan fingerprint density at radius 2 is 1.96 bits per heavy atom. The largest absolute Gasteiger partial charge is 0.352 e. The molecule has 1 amide bonds. The molecule has 0 fully saturated rings. The lowest BCUT2D eigenvalue weighted by Crippen LogP contribution is -2.33. The summed E-state index contributed by atoms with van der Waals surface area (Å²) >= 11 is 5.85. The van der Waals surface area contributed by atoms with Gasteiger partial charge in [-0.15, -0.1) is 0 Å². The van der Waals surface area contributed by atoms with E-state index in [0.29, 0.717) is 17.1 Å². The number of carbonyl (C=O) groups excluding carboxylic acids is 1. The van der Waals surface area contributed by atoms with Crippen molar-refractivity contribution in [3.8, 4) is 0 Å². The van der Waals surface area contributed by atoms with Crippen LogP contribution in [0.3, 0.4) is 0 Å². The van der Waals surface area contributed by atoms with Gasteiger partial charge in [0.25, 0.3) is 0 Å². The molecule has 2 aromatic rings. The molecular formula is C16H18ClN3O3S. The topological polar surface area (TPSA) is 88.2 Å². The molecule has 2 N–H and O–H groups in total. The second-order valence-corrected chi connectivity index (χ2v) is 7.55. The third kappa shape index (κ3) is 6.27. The highest BCUT2D eigenvalue weighted by Gasteiger charge is 2.19. The second-order valence-electron chi connectivity index (χ2n) is 5.34. The Balaban J connectivity index is 2.04. The van der Waals surface area contributed by atoms with Gasteiger partial charge in [-0.05, 0) is 29.3 Å². The van der Waals surface area contributed by atoms with Gasteiger partial charge < -0.3 is 5.32 Å². The molecule has 1 aromatic heterocycles. The summed E-state index contributed by atoms with van der Waals surface area (Å²) in [6.07, 6.45) is 4.35. The Bertz CT molecular complexity index is 780. The monoisotopic (exact) mass is 367 g/mol. The minimum atomic E-state index is -3.47. The van der Waals surface area contributed by atoms with Crippen molar-refractivity contribution in [2.75, 3.05) is 6.26 Å². The third-order valence-corrected chi connectivity index (χ3v) is 4.20. The first-order valence-electron chi connectivity index (χ1n) is 7.22. The average molecular weight is 368 g/mol. The van der Waals surface area contributed by atoms with E-state index in [4.69, 9.17) is 11.6 Å². The molecule has 8 heteroatoms. The van der Waals surface area contributed by atoms with Crippen molar-refractivity contribution in [2.24, 2.45) is 0 Å². The smallest absolute Gasteiger partial charge is 0.222 e. The SMILES string of the molecule is CS(=O)(=O)N[C@H](CC(=O)NCc1cccnc1)c1ccc(Cl)cc1. The van der Waals surface area contributed by atoms with Crippen LogP contribution in [0.5, 0.6) is 0 Å². The van der Waals surface area contributed by atoms with Crippen molar-refractivity contribution in [1.29, 1.82) is 0 Å². The predicted molar refractivity (Wildman–Crippen MR) is 92.9 cm³/mol. The summed E-state index contributed by atoms with van der Waals surface area (Å²) < 4.78 is 25.6. The molecule has 128 valence electrons. The van der Waals surface area contributed by atoms with E-state index in [1.807, 2.05) is 6.07 Å². The van der Waals surface area contributed by atoms with Gasteiger partial charge in [-0.25, -0.2) is 13.1 Å². The van der Waals surface area contributed by atoms with Gasteiger partial charge in [-0.3, -0.25) is 9.78 Å². The number of pyridine rings is 1. The molecule has 0 saturated carbocycles. The highest BCUT2D eigenvalue weighted by atomic mass is 35.5. The van der Waals surface area contributed by atoms with Crippen LogP contribution >= 0.6 is 11.6 Å². The summed E-state index contributed by atoms with van der Waals surface area (Å²) in [5.41, 5.74) is 1.53. The van der Waals surface area contributed by atoms with Gasteiger partial charge in [-0.2, -0.15) is 0 Å². The van der Waals surface area contributed by atoms with E-state index in [9.17, 15) is 13.2 Å². The number of benzene rings is 1. The standard InChI is InChI=1S/C16H18ClN3O3S/c1-24(22,23)20-15(13-4-6-14(17)7-5-13)9-16(21)19-11-12-3-2-8-18-10-12/h2-8,10,15,20H,9,11H2,1H3,(H,19,21)/t15-/m1/s1. The van der Waals surface area contributed by atoms with E-state index < -0.39 is 16.1 Å². The molecular weight excluding hydrogens is 350 g/mol. The van der Waals surface area contributed by atoms with Crippen LogP contribution in [-0.2, 0) is 21.4 Å². The number of aromatic nitrogens is 1. The van der Waals surface area contributed by atoms with Crippen LogP contribution in [0.2, 0.25) is 5.02 Å². The molecule has 2 rings (SSSR count). The lowest BCUT2D eigenvalue weighted by Gasteiger charge is -2.18. The molecule has 0 bridgehead atoms. The molecule has 1 aromatic carbocycles. The lowest BCUT2D eigenvalue weighted by molar-refractivity contribution is -0.121. The first-order valence-corrected chi connectivity index (χ1v) is 9.49. The van der Waals surface area contributed by atoms with Crippen LogP contribution in [0.25, 0.3) is 0 Å². The van der Waals surface area contributed by atoms with Crippen LogP contribution in [0.4, 0.5) is 0 Å². The molecule has 0 radical (unpaired) electrons. The maximum Gasteiger partial charge on any atom is 0.222 e. The molecule has 0 aliphatic carbocycles. The maximum absolute atomic E-state index is 12.2. The fraction of sp³-hybridized carbons (Fsp3) is 0.250. The summed E-state index contributed by atoms with van der Waals surface area (Å²) in [6, 6.07) is 9.66. The molecule has 1 atom stereocenters. The molecule has 24 heavy (non-hydrogen) atoms. The Labute approximate surface area is 146 Å². The average Bonchev–Trinajstić information content (AvgIpc) is 2.53. The molecule has 0 spiro atoms. The molecule has 6 nitrogen and oxygen atoms in total. The zero-order valence-corrected chi connectivity index (χ0v) is 14.6. The summed E-state index contributed by atoms with van der Waals surface area (Å²) in [5.74, 6) is -0.269. The van der Waals surface area contributed by atoms with Crippen molar-refractivity contribution in [1.82, 2.24) is 15.0 Å². The van der Waals surface area contributed by atoms with Crippen molar-refractivity contribution >= 4 is 27.5 Å². The van der Waals surface area contributed by atoms with Gasteiger partial charge in [0, 0.05) is 30.4 Å². The zero-order chi connectivity index (χ0) is 17.6. The minimum Gasteiger partial charge on any atom is -0.352 e. The number of sulfonamides is 1. The number of hydrogen-bond acceptors (Lipinski definition) is 4. The van der Waals surface area contributed by atoms with E-state index in [1.54, 1.807) is 42.7 Å². The van der Waals surface area contributed by atoms with Crippen molar-refractivity contribution in [2.45, 2.75) is 19.0 Å². The normalized spacial score (nSPS) is 12.6. The Hall–Kier alpha value is -1.96. The van der Waals surface area contributed by atoms with Crippen molar-refractivity contribution < 1.29 is 13.2 Å². The first kappa shape index (κ1) is 18.4. The van der Waals surface area contributed by atoms with Crippen LogP contribution in [0.15, 0.2) is 48.8 Å². The van der Waals surface area contributed by atoms with Crippen LogP contribution in [0, 0.1) is 0 Å². The van der Waals surface area contributed by atoms with Crippen molar-refractivity contribution in [3.05, 3.63) is 64.9 Å². The molecule has 0 aliphatic heterocycles. The highest BCUT2D eigenvalue weighted by Crippen LogP contribution is 2.20. The van der Waals surface area contributed by atoms with Gasteiger partial charge in [0.15, 0.2) is 0 Å². The number of amides is 1. The van der Waals surface area contributed by atoms with Gasteiger partial charge in [0.05, 0.1) is 12.3 Å². The minimum absolute atomic E-state index is 0.0189. The molecule has 0 aliphatic rings. The Morgan fingerprint density at radius 3 is 2.54 bits per heavy atom. The summed E-state index contributed by atoms with van der Waals surface area (Å²) in [4.78, 5) is 16.1. The number of carbonyl (C=O) groups is 1. The summed E-state index contributed by atoms with van der Waals surface area (Å²) in [7, 11) is -3.47. The van der Waals surface area contributed by atoms with Crippen LogP contribution in [-0.4, -0.2) is 25.6 Å². The summed E-state index contributed by atoms with van der Waals surface area (Å²) in [5, 5.41) is 3.30. The number of rotatable bonds is 7. The Morgan fingerprint density at radius 1 is 1.25 bits per heavy atom. The van der Waals surface area contributed by atoms with E-state index >= 15 is 0 Å². The number of halogens is 1. The number of nitrogens with one attached hydrogen (secondary N) is 2. The van der Waals surface area contributed by atoms with Gasteiger partial charge in [0.1, 0.15) is 0 Å². The number of nitrogens with zero attached hydrogens (tertiary/aromatic N) is 1. The van der Waals surface area contributed by atoms with Gasteiger partial charge >= 0.3 is 0 Å². The molecule has 0 unspecified atom stereocenters. The fourth-order valence-electron chi connectivity index (χ4n) is 2.14. The summed E-state index contributed by atoms with van der Waals surface area (Å²) in [6.45, 7) is 0.332. The fourth-order valence-corrected chi connectivity index (χ4v) is 3.00. The van der Waals surface area contributed by atoms with Crippen LogP contribution < -0.4 is 10.0 Å². The maximum atomic E-state index is 12.2. The van der Waals surface area contributed by atoms with E-state index in [-0.39, 0.29) is 12.3 Å². The zero-order valence-electron chi connectivity index (χ0n) is 13.1. The van der Waals surface area contributed by atoms with E-state index in [2.05, 4.69) is 15.0 Å². The second kappa shape index (κ2) is 8.23. The number of hydrogen-bond donors (Lipinski definition) is 2. The van der Waals surface area contributed by atoms with Gasteiger partial charge in [-0.1, -0.05) is 29.8 Å². The quantitative estimate of drug-likeness (QED) is 0.783.